The topological polar surface area (TPSA) is 55.4 Å². The molecular weight excluding hydrogens is 146 g/mol. The molecule has 0 bridgehead atoms. The van der Waals surface area contributed by atoms with Crippen molar-refractivity contribution in [3.63, 3.8) is 0 Å². The van der Waals surface area contributed by atoms with Gasteiger partial charge in [0.1, 0.15) is 0 Å². The summed E-state index contributed by atoms with van der Waals surface area (Å²) in [5.41, 5.74) is -0.296. The maximum absolute atomic E-state index is 10.6. The quantitative estimate of drug-likeness (QED) is 0.558. The lowest BCUT2D eigenvalue weighted by atomic mass is 9.86. The molecule has 0 aliphatic carbocycles. The third-order valence-electron chi connectivity index (χ3n) is 1.82. The van der Waals surface area contributed by atoms with E-state index in [1.807, 2.05) is 13.8 Å². The summed E-state index contributed by atoms with van der Waals surface area (Å²) in [5, 5.41) is 2.52. The van der Waals surface area contributed by atoms with E-state index in [0.29, 0.717) is 12.8 Å². The van der Waals surface area contributed by atoms with E-state index in [1.165, 1.54) is 0 Å². The van der Waals surface area contributed by atoms with Gasteiger partial charge >= 0.3 is 6.09 Å². The molecule has 0 saturated carbocycles. The highest BCUT2D eigenvalue weighted by atomic mass is 16.6. The molecular formula is C7H11NO3. The predicted octanol–water partition coefficient (Wildman–Crippen LogP) is 0.320. The number of hydrogen-bond acceptors (Lipinski definition) is 3. The van der Waals surface area contributed by atoms with Crippen molar-refractivity contribution in [2.24, 2.45) is 5.41 Å². The molecule has 1 saturated heterocycles. The maximum Gasteiger partial charge on any atom is 0.407 e. The number of ether oxygens (including phenoxy) is 1. The molecule has 1 N–H and O–H groups in total. The highest BCUT2D eigenvalue weighted by molar-refractivity contribution is 5.73. The number of carbonyl (C=O) groups excluding carboxylic acids is 2. The minimum atomic E-state index is -0.615. The Balaban J connectivity index is 2.70. The van der Waals surface area contributed by atoms with Gasteiger partial charge in [-0.15, -0.1) is 0 Å². The molecule has 1 rings (SSSR count). The van der Waals surface area contributed by atoms with Gasteiger partial charge in [-0.05, 0) is 0 Å². The first kappa shape index (κ1) is 8.04. The second-order valence-corrected chi connectivity index (χ2v) is 3.30. The zero-order valence-corrected chi connectivity index (χ0v) is 6.59. The molecule has 0 aromatic carbocycles. The largest absolute Gasteiger partial charge is 0.438 e. The smallest absolute Gasteiger partial charge is 0.407 e. The van der Waals surface area contributed by atoms with Crippen molar-refractivity contribution in [3.8, 4) is 0 Å². The lowest BCUT2D eigenvalue weighted by Gasteiger charge is -2.34. The monoisotopic (exact) mass is 157 g/mol. The van der Waals surface area contributed by atoms with Crippen LogP contribution in [0.25, 0.3) is 0 Å². The van der Waals surface area contributed by atoms with Gasteiger partial charge in [-0.1, -0.05) is 13.8 Å². The van der Waals surface area contributed by atoms with Gasteiger partial charge in [0.25, 0.3) is 0 Å². The summed E-state index contributed by atoms with van der Waals surface area (Å²) in [4.78, 5) is 21.0. The van der Waals surface area contributed by atoms with Crippen LogP contribution in [-0.4, -0.2) is 25.0 Å². The van der Waals surface area contributed by atoms with Gasteiger partial charge in [0.2, 0.25) is 0 Å². The van der Waals surface area contributed by atoms with Crippen molar-refractivity contribution in [3.05, 3.63) is 0 Å². The first-order valence-corrected chi connectivity index (χ1v) is 3.46. The van der Waals surface area contributed by atoms with Gasteiger partial charge in [-0.25, -0.2) is 4.79 Å². The third-order valence-corrected chi connectivity index (χ3v) is 1.82. The van der Waals surface area contributed by atoms with Crippen molar-refractivity contribution >= 4 is 12.4 Å². The van der Waals surface area contributed by atoms with Crippen LogP contribution in [0.3, 0.4) is 0 Å². The summed E-state index contributed by atoms with van der Waals surface area (Å²) in [6.45, 7) is 4.21. The molecule has 1 fully saturated rings. The Hall–Kier alpha value is -1.06. The van der Waals surface area contributed by atoms with Crippen LogP contribution in [0.4, 0.5) is 4.79 Å². The summed E-state index contributed by atoms with van der Waals surface area (Å²) in [5.74, 6) is 0. The summed E-state index contributed by atoms with van der Waals surface area (Å²) in [6.07, 6.45) is -0.462. The maximum atomic E-state index is 10.6. The molecule has 1 atom stereocenters. The standard InChI is InChI=1S/C7H11NO3/c1-7(2)4-8-6(10)11-5(7)3-9/h3,5H,4H2,1-2H3,(H,8,10). The highest BCUT2D eigenvalue weighted by Gasteiger charge is 2.36. The van der Waals surface area contributed by atoms with Gasteiger partial charge in [-0.2, -0.15) is 0 Å². The van der Waals surface area contributed by atoms with Gasteiger partial charge in [0, 0.05) is 12.0 Å². The minimum Gasteiger partial charge on any atom is -0.438 e. The Morgan fingerprint density at radius 2 is 2.36 bits per heavy atom. The Kier molecular flexibility index (Phi) is 1.85. The van der Waals surface area contributed by atoms with Crippen LogP contribution in [0, 0.1) is 5.41 Å². The number of carbonyl (C=O) groups is 2. The SMILES string of the molecule is CC1(C)CNC(=O)OC1C=O. The van der Waals surface area contributed by atoms with Crippen LogP contribution >= 0.6 is 0 Å². The molecule has 1 amide bonds. The van der Waals surface area contributed by atoms with E-state index in [4.69, 9.17) is 4.74 Å². The number of aldehydes is 1. The van der Waals surface area contributed by atoms with E-state index in [9.17, 15) is 9.59 Å². The summed E-state index contributed by atoms with van der Waals surface area (Å²) in [6, 6.07) is 0. The second kappa shape index (κ2) is 2.53. The summed E-state index contributed by atoms with van der Waals surface area (Å²) < 4.78 is 4.73. The number of hydrogen-bond donors (Lipinski definition) is 1. The number of amides is 1. The van der Waals surface area contributed by atoms with Crippen molar-refractivity contribution < 1.29 is 14.3 Å². The predicted molar refractivity (Wildman–Crippen MR) is 38.1 cm³/mol. The average Bonchev–Trinajstić information content (AvgIpc) is 1.94. The fourth-order valence-electron chi connectivity index (χ4n) is 0.929. The lowest BCUT2D eigenvalue weighted by Crippen LogP contribution is -2.51. The van der Waals surface area contributed by atoms with Crippen LogP contribution < -0.4 is 5.32 Å². The zero-order valence-electron chi connectivity index (χ0n) is 6.59. The highest BCUT2D eigenvalue weighted by Crippen LogP contribution is 2.23. The number of nitrogens with one attached hydrogen (secondary N) is 1. The Bertz CT molecular complexity index is 188. The molecule has 1 unspecified atom stereocenters. The Morgan fingerprint density at radius 1 is 1.73 bits per heavy atom. The first-order chi connectivity index (χ1) is 5.06. The lowest BCUT2D eigenvalue weighted by molar-refractivity contribution is -0.122. The first-order valence-electron chi connectivity index (χ1n) is 3.46. The summed E-state index contributed by atoms with van der Waals surface area (Å²) in [7, 11) is 0. The average molecular weight is 157 g/mol. The van der Waals surface area contributed by atoms with Crippen LogP contribution in [-0.2, 0) is 9.53 Å². The van der Waals surface area contributed by atoms with E-state index in [1.54, 1.807) is 0 Å². The molecule has 4 nitrogen and oxygen atoms in total. The Morgan fingerprint density at radius 3 is 2.82 bits per heavy atom. The summed E-state index contributed by atoms with van der Waals surface area (Å²) >= 11 is 0. The fourth-order valence-corrected chi connectivity index (χ4v) is 0.929. The van der Waals surface area contributed by atoms with E-state index in [-0.39, 0.29) is 5.41 Å². The molecule has 0 aromatic heterocycles. The fraction of sp³-hybridized carbons (Fsp3) is 0.714. The molecule has 4 heteroatoms. The normalized spacial score (nSPS) is 28.5. The third kappa shape index (κ3) is 1.50. The van der Waals surface area contributed by atoms with Gasteiger partial charge in [0.15, 0.2) is 12.4 Å². The van der Waals surface area contributed by atoms with Crippen molar-refractivity contribution in [1.29, 1.82) is 0 Å². The number of cyclic esters (lactones) is 1. The molecule has 11 heavy (non-hydrogen) atoms. The van der Waals surface area contributed by atoms with Crippen LogP contribution in [0.1, 0.15) is 13.8 Å². The van der Waals surface area contributed by atoms with E-state index < -0.39 is 12.2 Å². The molecule has 1 heterocycles. The Labute approximate surface area is 64.9 Å². The minimum absolute atomic E-state index is 0.296. The van der Waals surface area contributed by atoms with Gasteiger partial charge < -0.3 is 10.1 Å². The van der Waals surface area contributed by atoms with Crippen LogP contribution in [0.2, 0.25) is 0 Å². The molecule has 0 radical (unpaired) electrons. The van der Waals surface area contributed by atoms with Crippen molar-refractivity contribution in [2.45, 2.75) is 20.0 Å². The molecule has 1 aliphatic rings. The van der Waals surface area contributed by atoms with Crippen LogP contribution in [0.5, 0.6) is 0 Å². The van der Waals surface area contributed by atoms with Gasteiger partial charge in [-0.3, -0.25) is 4.79 Å². The molecule has 62 valence electrons. The number of rotatable bonds is 1. The molecule has 1 aliphatic heterocycles. The van der Waals surface area contributed by atoms with Crippen LogP contribution in [0.15, 0.2) is 0 Å². The molecule has 0 aromatic rings. The zero-order chi connectivity index (χ0) is 8.48. The van der Waals surface area contributed by atoms with Crippen molar-refractivity contribution in [2.75, 3.05) is 6.54 Å². The van der Waals surface area contributed by atoms with E-state index in [0.717, 1.165) is 0 Å². The second-order valence-electron chi connectivity index (χ2n) is 3.30. The van der Waals surface area contributed by atoms with Gasteiger partial charge in [0.05, 0.1) is 0 Å². The molecule has 0 spiro atoms. The number of alkyl carbamates (subject to hydrolysis) is 1. The van der Waals surface area contributed by atoms with E-state index in [2.05, 4.69) is 5.32 Å². The van der Waals surface area contributed by atoms with E-state index >= 15 is 0 Å². The van der Waals surface area contributed by atoms with Crippen molar-refractivity contribution in [1.82, 2.24) is 5.32 Å².